The van der Waals surface area contributed by atoms with Crippen molar-refractivity contribution in [2.75, 3.05) is 13.7 Å². The van der Waals surface area contributed by atoms with Crippen molar-refractivity contribution >= 4 is 11.9 Å². The van der Waals surface area contributed by atoms with Crippen LogP contribution in [0, 0.1) is 0 Å². The van der Waals surface area contributed by atoms with Crippen LogP contribution in [0.2, 0.25) is 0 Å². The largest absolute Gasteiger partial charge is 0.467 e. The molecule has 1 aromatic heterocycles. The van der Waals surface area contributed by atoms with Gasteiger partial charge in [-0.3, -0.25) is 9.48 Å². The Kier molecular flexibility index (Phi) is 3.12. The summed E-state index contributed by atoms with van der Waals surface area (Å²) in [4.78, 5) is 25.3. The number of esters is 1. The molecule has 1 aliphatic rings. The van der Waals surface area contributed by atoms with Crippen molar-refractivity contribution in [3.63, 3.8) is 0 Å². The molecule has 1 amide bonds. The molecule has 0 N–H and O–H groups in total. The molecule has 1 atom stereocenters. The lowest BCUT2D eigenvalue weighted by Crippen LogP contribution is -2.41. The van der Waals surface area contributed by atoms with Crippen molar-refractivity contribution in [2.24, 2.45) is 7.05 Å². The Morgan fingerprint density at radius 2 is 2.29 bits per heavy atom. The van der Waals surface area contributed by atoms with Gasteiger partial charge >= 0.3 is 5.97 Å². The van der Waals surface area contributed by atoms with Crippen molar-refractivity contribution in [1.82, 2.24) is 14.7 Å². The zero-order valence-electron chi connectivity index (χ0n) is 9.92. The van der Waals surface area contributed by atoms with Crippen LogP contribution >= 0.6 is 0 Å². The van der Waals surface area contributed by atoms with Gasteiger partial charge in [0.2, 0.25) is 0 Å². The summed E-state index contributed by atoms with van der Waals surface area (Å²) in [6.45, 7) is 0.587. The van der Waals surface area contributed by atoms with Crippen molar-refractivity contribution in [3.05, 3.63) is 18.0 Å². The fraction of sp³-hybridized carbons (Fsp3) is 0.545. The molecule has 0 spiro atoms. The van der Waals surface area contributed by atoms with E-state index in [4.69, 9.17) is 4.74 Å². The number of aromatic nitrogens is 2. The molecule has 0 bridgehead atoms. The molecule has 6 nitrogen and oxygen atoms in total. The first-order valence-corrected chi connectivity index (χ1v) is 5.52. The molecule has 6 heteroatoms. The predicted molar refractivity (Wildman–Crippen MR) is 59.3 cm³/mol. The minimum Gasteiger partial charge on any atom is -0.467 e. The van der Waals surface area contributed by atoms with Gasteiger partial charge in [0.1, 0.15) is 11.7 Å². The van der Waals surface area contributed by atoms with Gasteiger partial charge in [0.25, 0.3) is 5.91 Å². The Bertz CT molecular complexity index is 441. The third-order valence-electron chi connectivity index (χ3n) is 3.03. The number of rotatable bonds is 2. The number of amides is 1. The molecule has 1 aromatic rings. The lowest BCUT2D eigenvalue weighted by molar-refractivity contribution is -0.145. The number of hydrogen-bond acceptors (Lipinski definition) is 4. The second-order valence-electron chi connectivity index (χ2n) is 4.02. The fourth-order valence-electron chi connectivity index (χ4n) is 2.12. The first-order valence-electron chi connectivity index (χ1n) is 5.52. The number of hydrogen-bond donors (Lipinski definition) is 0. The molecule has 1 saturated heterocycles. The van der Waals surface area contributed by atoms with Gasteiger partial charge in [-0.05, 0) is 18.9 Å². The maximum atomic E-state index is 12.2. The van der Waals surface area contributed by atoms with Crippen molar-refractivity contribution in [2.45, 2.75) is 18.9 Å². The molecular formula is C11H15N3O3. The molecule has 1 unspecified atom stereocenters. The van der Waals surface area contributed by atoms with Crippen LogP contribution < -0.4 is 0 Å². The van der Waals surface area contributed by atoms with E-state index in [2.05, 4.69) is 5.10 Å². The zero-order chi connectivity index (χ0) is 12.4. The standard InChI is InChI=1S/C11H15N3O3/c1-13-8(5-6-12-13)10(15)14-7-3-4-9(14)11(16)17-2/h5-6,9H,3-4,7H2,1-2H3. The van der Waals surface area contributed by atoms with Crippen LogP contribution in [0.4, 0.5) is 0 Å². The van der Waals surface area contributed by atoms with Crippen LogP contribution in [0.1, 0.15) is 23.3 Å². The van der Waals surface area contributed by atoms with Crippen molar-refractivity contribution < 1.29 is 14.3 Å². The van der Waals surface area contributed by atoms with Crippen molar-refractivity contribution in [1.29, 1.82) is 0 Å². The maximum absolute atomic E-state index is 12.2. The van der Waals surface area contributed by atoms with E-state index >= 15 is 0 Å². The van der Waals surface area contributed by atoms with E-state index < -0.39 is 6.04 Å². The van der Waals surface area contributed by atoms with Crippen molar-refractivity contribution in [3.8, 4) is 0 Å². The minimum atomic E-state index is -0.456. The van der Waals surface area contributed by atoms with E-state index in [-0.39, 0.29) is 11.9 Å². The third kappa shape index (κ3) is 2.02. The van der Waals surface area contributed by atoms with E-state index in [1.54, 1.807) is 24.2 Å². The lowest BCUT2D eigenvalue weighted by Gasteiger charge is -2.22. The highest BCUT2D eigenvalue weighted by Gasteiger charge is 2.36. The molecule has 2 heterocycles. The molecule has 0 aromatic carbocycles. The number of methoxy groups -OCH3 is 1. The lowest BCUT2D eigenvalue weighted by atomic mass is 10.2. The summed E-state index contributed by atoms with van der Waals surface area (Å²) in [5, 5.41) is 3.95. The summed E-state index contributed by atoms with van der Waals surface area (Å²) in [7, 11) is 3.05. The Labute approximate surface area is 99.1 Å². The molecule has 1 aliphatic heterocycles. The first kappa shape index (κ1) is 11.6. The van der Waals surface area contributed by atoms with Crippen LogP contribution in [0.15, 0.2) is 12.3 Å². The molecule has 0 saturated carbocycles. The van der Waals surface area contributed by atoms with Crippen LogP contribution in [-0.2, 0) is 16.6 Å². The Morgan fingerprint density at radius 3 is 2.88 bits per heavy atom. The molecular weight excluding hydrogens is 222 g/mol. The summed E-state index contributed by atoms with van der Waals surface area (Å²) in [6.07, 6.45) is 3.05. The third-order valence-corrected chi connectivity index (χ3v) is 3.03. The van der Waals surface area contributed by atoms with E-state index in [1.165, 1.54) is 11.8 Å². The number of carbonyl (C=O) groups is 2. The van der Waals surface area contributed by atoms with E-state index in [1.807, 2.05) is 0 Å². The normalized spacial score (nSPS) is 19.4. The summed E-state index contributed by atoms with van der Waals surface area (Å²) in [6, 6.07) is 1.19. The van der Waals surface area contributed by atoms with Gasteiger partial charge in [-0.25, -0.2) is 4.79 Å². The Hall–Kier alpha value is -1.85. The average Bonchev–Trinajstić information content (AvgIpc) is 2.95. The van der Waals surface area contributed by atoms with Crippen LogP contribution in [0.25, 0.3) is 0 Å². The molecule has 17 heavy (non-hydrogen) atoms. The average molecular weight is 237 g/mol. The minimum absolute atomic E-state index is 0.169. The SMILES string of the molecule is COC(=O)C1CCCN1C(=O)c1ccnn1C. The van der Waals surface area contributed by atoms with Gasteiger partial charge in [0.05, 0.1) is 7.11 Å². The fourth-order valence-corrected chi connectivity index (χ4v) is 2.12. The molecule has 2 rings (SSSR count). The quantitative estimate of drug-likeness (QED) is 0.689. The zero-order valence-corrected chi connectivity index (χ0v) is 9.92. The Morgan fingerprint density at radius 1 is 1.53 bits per heavy atom. The summed E-state index contributed by atoms with van der Waals surface area (Å²) in [5.74, 6) is -0.518. The molecule has 92 valence electrons. The van der Waals surface area contributed by atoms with E-state index in [9.17, 15) is 9.59 Å². The second-order valence-corrected chi connectivity index (χ2v) is 4.02. The molecule has 0 aliphatic carbocycles. The highest BCUT2D eigenvalue weighted by Crippen LogP contribution is 2.20. The summed E-state index contributed by atoms with van der Waals surface area (Å²) < 4.78 is 6.22. The number of ether oxygens (including phenoxy) is 1. The maximum Gasteiger partial charge on any atom is 0.328 e. The number of carbonyl (C=O) groups excluding carboxylic acids is 2. The van der Waals surface area contributed by atoms with Gasteiger partial charge in [-0.1, -0.05) is 0 Å². The predicted octanol–water partition coefficient (Wildman–Crippen LogP) is 0.198. The van der Waals surface area contributed by atoms with Crippen LogP contribution in [-0.4, -0.2) is 46.3 Å². The van der Waals surface area contributed by atoms with Gasteiger partial charge in [0.15, 0.2) is 0 Å². The van der Waals surface area contributed by atoms with E-state index in [0.717, 1.165) is 6.42 Å². The molecule has 1 fully saturated rings. The Balaban J connectivity index is 2.19. The van der Waals surface area contributed by atoms with Gasteiger partial charge < -0.3 is 9.64 Å². The van der Waals surface area contributed by atoms with Gasteiger partial charge in [-0.2, -0.15) is 5.10 Å². The highest BCUT2D eigenvalue weighted by atomic mass is 16.5. The monoisotopic (exact) mass is 237 g/mol. The first-order chi connectivity index (χ1) is 8.15. The van der Waals surface area contributed by atoms with Gasteiger partial charge in [-0.15, -0.1) is 0 Å². The molecule has 0 radical (unpaired) electrons. The smallest absolute Gasteiger partial charge is 0.328 e. The highest BCUT2D eigenvalue weighted by molar-refractivity contribution is 5.95. The van der Waals surface area contributed by atoms with E-state index in [0.29, 0.717) is 18.7 Å². The number of likely N-dealkylation sites (tertiary alicyclic amines) is 1. The summed E-state index contributed by atoms with van der Waals surface area (Å²) >= 11 is 0. The number of aryl methyl sites for hydroxylation is 1. The topological polar surface area (TPSA) is 64.4 Å². The van der Waals surface area contributed by atoms with Gasteiger partial charge in [0, 0.05) is 19.8 Å². The summed E-state index contributed by atoms with van der Waals surface area (Å²) in [5.41, 5.74) is 0.487. The second kappa shape index (κ2) is 4.57. The number of nitrogens with zero attached hydrogens (tertiary/aromatic N) is 3. The van der Waals surface area contributed by atoms with Crippen LogP contribution in [0.5, 0.6) is 0 Å². The van der Waals surface area contributed by atoms with Crippen LogP contribution in [0.3, 0.4) is 0 Å².